The van der Waals surface area contributed by atoms with Gasteiger partial charge in [-0.05, 0) is 12.3 Å². The lowest BCUT2D eigenvalue weighted by Crippen LogP contribution is -2.43. The number of carboxylic acids is 1. The lowest BCUT2D eigenvalue weighted by molar-refractivity contribution is -0.139. The van der Waals surface area contributed by atoms with Gasteiger partial charge in [-0.1, -0.05) is 12.8 Å². The number of aliphatic carboxylic acids is 1. The first-order valence-corrected chi connectivity index (χ1v) is 7.43. The van der Waals surface area contributed by atoms with Gasteiger partial charge in [0.25, 0.3) is 11.5 Å². The molecule has 1 fully saturated rings. The normalized spacial score (nSPS) is 15.8. The van der Waals surface area contributed by atoms with E-state index in [1.165, 1.54) is 28.1 Å². The van der Waals surface area contributed by atoms with Crippen molar-refractivity contribution < 1.29 is 14.7 Å². The number of carbonyl (C=O) groups excluding carboxylic acids is 1. The van der Waals surface area contributed by atoms with Crippen LogP contribution < -0.4 is 10.9 Å². The molecule has 0 radical (unpaired) electrons. The first-order chi connectivity index (χ1) is 10.1. The second-order valence-corrected chi connectivity index (χ2v) is 5.95. The number of fused-ring (bicyclic) bond motifs is 1. The molecule has 110 valence electrons. The maximum absolute atomic E-state index is 12.1. The van der Waals surface area contributed by atoms with Crippen molar-refractivity contribution in [2.75, 3.05) is 0 Å². The fraction of sp³-hybridized carbons (Fsp3) is 0.385. The van der Waals surface area contributed by atoms with Gasteiger partial charge >= 0.3 is 5.97 Å². The molecule has 8 heteroatoms. The third-order valence-electron chi connectivity index (χ3n) is 3.46. The summed E-state index contributed by atoms with van der Waals surface area (Å²) in [4.78, 5) is 39.9. The smallest absolute Gasteiger partial charge is 0.326 e. The molecule has 1 aliphatic rings. The molecule has 1 unspecified atom stereocenters. The zero-order valence-electron chi connectivity index (χ0n) is 11.0. The third-order valence-corrected chi connectivity index (χ3v) is 4.23. The van der Waals surface area contributed by atoms with Crippen molar-refractivity contribution in [1.82, 2.24) is 14.7 Å². The molecule has 2 aromatic rings. The zero-order valence-corrected chi connectivity index (χ0v) is 11.8. The maximum atomic E-state index is 12.1. The van der Waals surface area contributed by atoms with Crippen LogP contribution in [0.3, 0.4) is 0 Å². The highest BCUT2D eigenvalue weighted by molar-refractivity contribution is 7.15. The van der Waals surface area contributed by atoms with Crippen LogP contribution in [0.1, 0.15) is 29.6 Å². The number of aromatic nitrogens is 2. The van der Waals surface area contributed by atoms with Gasteiger partial charge in [-0.2, -0.15) is 0 Å². The topological polar surface area (TPSA) is 101 Å². The molecule has 3 rings (SSSR count). The number of carboxylic acid groups (broad SMARTS) is 1. The van der Waals surface area contributed by atoms with Crippen molar-refractivity contribution in [1.29, 1.82) is 0 Å². The van der Waals surface area contributed by atoms with Crippen LogP contribution in [-0.2, 0) is 4.79 Å². The van der Waals surface area contributed by atoms with Gasteiger partial charge in [0.2, 0.25) is 0 Å². The van der Waals surface area contributed by atoms with Gasteiger partial charge in [-0.25, -0.2) is 9.78 Å². The first kappa shape index (κ1) is 13.7. The van der Waals surface area contributed by atoms with E-state index in [0.29, 0.717) is 17.3 Å². The van der Waals surface area contributed by atoms with E-state index >= 15 is 0 Å². The van der Waals surface area contributed by atoms with Crippen LogP contribution in [-0.4, -0.2) is 32.4 Å². The minimum atomic E-state index is -1.08. The maximum Gasteiger partial charge on any atom is 0.326 e. The summed E-state index contributed by atoms with van der Waals surface area (Å²) in [5.41, 5.74) is -0.637. The summed E-state index contributed by atoms with van der Waals surface area (Å²) < 4.78 is 1.27. The highest BCUT2D eigenvalue weighted by atomic mass is 32.1. The molecule has 0 aliphatic heterocycles. The van der Waals surface area contributed by atoms with E-state index < -0.39 is 23.5 Å². The highest BCUT2D eigenvalue weighted by Gasteiger charge is 2.31. The van der Waals surface area contributed by atoms with Gasteiger partial charge in [0, 0.05) is 17.8 Å². The summed E-state index contributed by atoms with van der Waals surface area (Å²) in [5.74, 6) is -1.42. The molecule has 0 aromatic carbocycles. The Morgan fingerprint density at radius 1 is 1.52 bits per heavy atom. The molecule has 1 amide bonds. The summed E-state index contributed by atoms with van der Waals surface area (Å²) in [6.07, 6.45) is 5.11. The van der Waals surface area contributed by atoms with Crippen LogP contribution >= 0.6 is 11.3 Å². The number of nitrogens with one attached hydrogen (secondary N) is 1. The van der Waals surface area contributed by atoms with Crippen molar-refractivity contribution in [3.8, 4) is 0 Å². The van der Waals surface area contributed by atoms with Crippen LogP contribution in [0.4, 0.5) is 0 Å². The molecule has 1 atom stereocenters. The van der Waals surface area contributed by atoms with Crippen LogP contribution in [0.2, 0.25) is 0 Å². The van der Waals surface area contributed by atoms with E-state index in [1.54, 1.807) is 5.38 Å². The molecular weight excluding hydrogens is 294 g/mol. The van der Waals surface area contributed by atoms with E-state index in [2.05, 4.69) is 10.3 Å². The van der Waals surface area contributed by atoms with Gasteiger partial charge in [-0.3, -0.25) is 14.0 Å². The molecule has 1 aliphatic carbocycles. The lowest BCUT2D eigenvalue weighted by atomic mass is 10.1. The second-order valence-electron chi connectivity index (χ2n) is 5.08. The monoisotopic (exact) mass is 307 g/mol. The van der Waals surface area contributed by atoms with Crippen LogP contribution in [0.25, 0.3) is 4.96 Å². The van der Waals surface area contributed by atoms with Crippen molar-refractivity contribution in [2.24, 2.45) is 5.92 Å². The van der Waals surface area contributed by atoms with E-state index in [0.717, 1.165) is 12.8 Å². The number of rotatable bonds is 5. The molecule has 0 spiro atoms. The zero-order chi connectivity index (χ0) is 15.0. The Morgan fingerprint density at radius 3 is 2.95 bits per heavy atom. The predicted molar refractivity (Wildman–Crippen MR) is 75.6 cm³/mol. The first-order valence-electron chi connectivity index (χ1n) is 6.55. The van der Waals surface area contributed by atoms with Crippen molar-refractivity contribution in [3.05, 3.63) is 33.7 Å². The molecule has 0 bridgehead atoms. The average Bonchev–Trinajstić information content (AvgIpc) is 3.12. The summed E-state index contributed by atoms with van der Waals surface area (Å²) in [5, 5.41) is 13.2. The van der Waals surface area contributed by atoms with Gasteiger partial charge in [0.15, 0.2) is 4.96 Å². The Balaban J connectivity index is 1.83. The molecule has 0 saturated heterocycles. The van der Waals surface area contributed by atoms with E-state index in [9.17, 15) is 14.4 Å². The van der Waals surface area contributed by atoms with Crippen molar-refractivity contribution >= 4 is 28.2 Å². The van der Waals surface area contributed by atoms with E-state index in [4.69, 9.17) is 5.11 Å². The van der Waals surface area contributed by atoms with Crippen LogP contribution in [0.15, 0.2) is 22.6 Å². The van der Waals surface area contributed by atoms with Crippen molar-refractivity contribution in [3.63, 3.8) is 0 Å². The number of nitrogens with zero attached hydrogens (tertiary/aromatic N) is 2. The van der Waals surface area contributed by atoms with Crippen LogP contribution in [0, 0.1) is 5.92 Å². The largest absolute Gasteiger partial charge is 0.480 e. The number of hydrogen-bond donors (Lipinski definition) is 2. The second kappa shape index (κ2) is 5.28. The van der Waals surface area contributed by atoms with Gasteiger partial charge in [-0.15, -0.1) is 11.3 Å². The Kier molecular flexibility index (Phi) is 3.46. The van der Waals surface area contributed by atoms with Gasteiger partial charge in [0.05, 0.1) is 0 Å². The highest BCUT2D eigenvalue weighted by Crippen LogP contribution is 2.33. The minimum Gasteiger partial charge on any atom is -0.480 e. The molecule has 7 nitrogen and oxygen atoms in total. The summed E-state index contributed by atoms with van der Waals surface area (Å²) >= 11 is 1.28. The molecule has 2 N–H and O–H groups in total. The SMILES string of the molecule is O=C(NC(CC1CC1)C(=O)O)c1cnc2sccn2c1=O. The molecule has 1 saturated carbocycles. The Hall–Kier alpha value is -2.22. The lowest BCUT2D eigenvalue weighted by Gasteiger charge is -2.13. The van der Waals surface area contributed by atoms with Gasteiger partial charge < -0.3 is 10.4 Å². The summed E-state index contributed by atoms with van der Waals surface area (Å²) in [7, 11) is 0. The van der Waals surface area contributed by atoms with Gasteiger partial charge in [0.1, 0.15) is 11.6 Å². The molecular formula is C13H13N3O4S. The fourth-order valence-corrected chi connectivity index (χ4v) is 2.80. The quantitative estimate of drug-likeness (QED) is 0.848. The van der Waals surface area contributed by atoms with Crippen LogP contribution in [0.5, 0.6) is 0 Å². The van der Waals surface area contributed by atoms with E-state index in [1.807, 2.05) is 0 Å². The number of carbonyl (C=O) groups is 2. The summed E-state index contributed by atoms with van der Waals surface area (Å²) in [6.45, 7) is 0. The summed E-state index contributed by atoms with van der Waals surface area (Å²) in [6, 6.07) is -0.965. The molecule has 2 aromatic heterocycles. The Labute approximate surface area is 123 Å². The average molecular weight is 307 g/mol. The third kappa shape index (κ3) is 2.80. The fourth-order valence-electron chi connectivity index (χ4n) is 2.12. The van der Waals surface area contributed by atoms with E-state index in [-0.39, 0.29) is 5.56 Å². The number of amides is 1. The Bertz CT molecular complexity index is 762. The predicted octanol–water partition coefficient (Wildman–Crippen LogP) is 0.739. The minimum absolute atomic E-state index is 0.145. The number of thiazole rings is 1. The molecule has 21 heavy (non-hydrogen) atoms. The molecule has 2 heterocycles. The standard InChI is InChI=1S/C13H13N3O4S/c17-10(15-9(12(19)20)5-7-1-2-7)8-6-14-13-16(11(8)18)3-4-21-13/h3-4,6-7,9H,1-2,5H2,(H,15,17)(H,19,20). The van der Waals surface area contributed by atoms with Crippen molar-refractivity contribution in [2.45, 2.75) is 25.3 Å². The number of hydrogen-bond acceptors (Lipinski definition) is 5. The Morgan fingerprint density at radius 2 is 2.29 bits per heavy atom.